The summed E-state index contributed by atoms with van der Waals surface area (Å²) < 4.78 is 51.5. The largest absolute Gasteiger partial charge is 0.490 e. The van der Waals surface area contributed by atoms with Gasteiger partial charge in [0, 0.05) is 16.9 Å². The Morgan fingerprint density at radius 2 is 1.78 bits per heavy atom. The van der Waals surface area contributed by atoms with Gasteiger partial charge in [0.25, 0.3) is 5.82 Å². The zero-order valence-corrected chi connectivity index (χ0v) is 15.3. The topological polar surface area (TPSA) is 61.5 Å². The van der Waals surface area contributed by atoms with Gasteiger partial charge in [0.05, 0.1) is 13.2 Å². The van der Waals surface area contributed by atoms with Crippen molar-refractivity contribution in [2.24, 2.45) is 0 Å². The molecule has 0 unspecified atom stereocenters. The van der Waals surface area contributed by atoms with E-state index in [1.807, 2.05) is 12.1 Å². The third kappa shape index (κ3) is 3.29. The quantitative estimate of drug-likeness (QED) is 0.651. The van der Waals surface area contributed by atoms with Gasteiger partial charge in [-0.3, -0.25) is 0 Å². The first-order chi connectivity index (χ1) is 12.8. The van der Waals surface area contributed by atoms with Crippen molar-refractivity contribution in [3.63, 3.8) is 0 Å². The molecule has 3 heterocycles. The van der Waals surface area contributed by atoms with Crippen LogP contribution in [0.1, 0.15) is 23.4 Å². The maximum atomic E-state index is 13.2. The molecule has 1 aliphatic heterocycles. The van der Waals surface area contributed by atoms with Crippen molar-refractivity contribution in [3.8, 4) is 11.5 Å². The molecule has 0 aliphatic carbocycles. The number of hydrogen-bond acceptors (Lipinski definition) is 6. The summed E-state index contributed by atoms with van der Waals surface area (Å²) in [5, 5.41) is 11.5. The predicted molar refractivity (Wildman–Crippen MR) is 91.4 cm³/mol. The molecular weight excluding hydrogens is 381 g/mol. The van der Waals surface area contributed by atoms with Gasteiger partial charge in [-0.05, 0) is 37.6 Å². The summed E-state index contributed by atoms with van der Waals surface area (Å²) in [4.78, 5) is 0.787. The molecule has 0 spiro atoms. The second-order valence-corrected chi connectivity index (χ2v) is 7.14. The van der Waals surface area contributed by atoms with E-state index in [4.69, 9.17) is 9.47 Å². The van der Waals surface area contributed by atoms with Gasteiger partial charge < -0.3 is 9.47 Å². The number of ether oxygens (including phenoxy) is 2. The van der Waals surface area contributed by atoms with E-state index in [0.29, 0.717) is 35.3 Å². The summed E-state index contributed by atoms with van der Waals surface area (Å²) in [6.45, 7) is 4.65. The van der Waals surface area contributed by atoms with Gasteiger partial charge >= 0.3 is 6.18 Å². The molecule has 4 rings (SSSR count). The van der Waals surface area contributed by atoms with Crippen molar-refractivity contribution < 1.29 is 22.6 Å². The van der Waals surface area contributed by atoms with E-state index in [9.17, 15) is 13.2 Å². The first kappa shape index (κ1) is 17.9. The fraction of sp³-hybridized carbons (Fsp3) is 0.353. The minimum atomic E-state index is -4.63. The Labute approximate surface area is 156 Å². The lowest BCUT2D eigenvalue weighted by atomic mass is 10.2. The molecule has 3 aromatic rings. The molecule has 0 saturated carbocycles. The smallest absolute Gasteiger partial charge is 0.453 e. The molecule has 0 atom stereocenters. The Balaban J connectivity index is 1.76. The molecule has 1 aromatic carbocycles. The van der Waals surface area contributed by atoms with Crippen LogP contribution in [-0.4, -0.2) is 33.0 Å². The highest BCUT2D eigenvalue weighted by Crippen LogP contribution is 2.38. The molecule has 0 fully saturated rings. The number of alkyl halides is 3. The zero-order valence-electron chi connectivity index (χ0n) is 14.5. The van der Waals surface area contributed by atoms with Gasteiger partial charge in [-0.2, -0.15) is 22.8 Å². The van der Waals surface area contributed by atoms with E-state index < -0.39 is 12.0 Å². The highest BCUT2D eigenvalue weighted by atomic mass is 32.2. The molecule has 10 heteroatoms. The van der Waals surface area contributed by atoms with Crippen LogP contribution in [0.25, 0.3) is 5.65 Å². The van der Waals surface area contributed by atoms with Crippen molar-refractivity contribution in [1.29, 1.82) is 0 Å². The first-order valence-electron chi connectivity index (χ1n) is 8.22. The van der Waals surface area contributed by atoms with Crippen molar-refractivity contribution in [1.82, 2.24) is 19.8 Å². The van der Waals surface area contributed by atoms with Crippen LogP contribution in [-0.2, 0) is 6.18 Å². The molecule has 0 radical (unpaired) electrons. The summed E-state index contributed by atoms with van der Waals surface area (Å²) in [7, 11) is 0. The maximum Gasteiger partial charge on any atom is 0.453 e. The molecule has 1 aliphatic rings. The normalized spacial score (nSPS) is 14.4. The van der Waals surface area contributed by atoms with Crippen LogP contribution < -0.4 is 9.47 Å². The number of nitrogens with zero attached hydrogens (tertiary/aromatic N) is 4. The highest BCUT2D eigenvalue weighted by Gasteiger charge is 2.38. The van der Waals surface area contributed by atoms with E-state index in [1.165, 1.54) is 11.8 Å². The number of aryl methyl sites for hydroxylation is 1. The Kier molecular flexibility index (Phi) is 4.37. The second-order valence-electron chi connectivity index (χ2n) is 6.07. The Morgan fingerprint density at radius 3 is 2.52 bits per heavy atom. The van der Waals surface area contributed by atoms with Gasteiger partial charge in [0.2, 0.25) is 0 Å². The van der Waals surface area contributed by atoms with E-state index in [0.717, 1.165) is 21.4 Å². The third-order valence-electron chi connectivity index (χ3n) is 4.24. The molecule has 0 bridgehead atoms. The highest BCUT2D eigenvalue weighted by molar-refractivity contribution is 7.99. The van der Waals surface area contributed by atoms with Gasteiger partial charge in [0.15, 0.2) is 17.1 Å². The number of rotatable bonds is 2. The average molecular weight is 396 g/mol. The van der Waals surface area contributed by atoms with E-state index in [2.05, 4.69) is 15.3 Å². The minimum Gasteiger partial charge on any atom is -0.490 e. The van der Waals surface area contributed by atoms with Crippen LogP contribution >= 0.6 is 11.8 Å². The third-order valence-corrected chi connectivity index (χ3v) is 5.31. The van der Waals surface area contributed by atoms with Crippen LogP contribution in [0, 0.1) is 13.8 Å². The molecule has 6 nitrogen and oxygen atoms in total. The number of benzene rings is 1. The maximum absolute atomic E-state index is 13.2. The van der Waals surface area contributed by atoms with Crippen LogP contribution in [0.4, 0.5) is 13.2 Å². The van der Waals surface area contributed by atoms with Gasteiger partial charge in [-0.1, -0.05) is 11.8 Å². The summed E-state index contributed by atoms with van der Waals surface area (Å²) in [6.07, 6.45) is -3.84. The molecule has 2 aromatic heterocycles. The molecule has 0 amide bonds. The van der Waals surface area contributed by atoms with Crippen molar-refractivity contribution in [3.05, 3.63) is 35.2 Å². The summed E-state index contributed by atoms with van der Waals surface area (Å²) in [5.41, 5.74) is 1.45. The van der Waals surface area contributed by atoms with Crippen molar-refractivity contribution in [2.75, 3.05) is 13.2 Å². The SMILES string of the molecule is Cc1c(Sc2ccc3c(c2)OCCCO3)nn2c(C(F)(F)F)nnc2c1C. The number of fused-ring (bicyclic) bond motifs is 2. The second kappa shape index (κ2) is 6.59. The van der Waals surface area contributed by atoms with Crippen LogP contribution in [0.3, 0.4) is 0 Å². The fourth-order valence-corrected chi connectivity index (χ4v) is 3.65. The molecular formula is C17H15F3N4O2S. The van der Waals surface area contributed by atoms with Crippen molar-refractivity contribution in [2.45, 2.75) is 36.4 Å². The number of halogens is 3. The lowest BCUT2D eigenvalue weighted by Crippen LogP contribution is -2.13. The fourth-order valence-electron chi connectivity index (χ4n) is 2.69. The van der Waals surface area contributed by atoms with Crippen molar-refractivity contribution >= 4 is 17.4 Å². The van der Waals surface area contributed by atoms with E-state index in [1.54, 1.807) is 19.9 Å². The van der Waals surface area contributed by atoms with Gasteiger partial charge in [-0.15, -0.1) is 10.2 Å². The Bertz CT molecular complexity index is 1020. The first-order valence-corrected chi connectivity index (χ1v) is 9.03. The summed E-state index contributed by atoms with van der Waals surface area (Å²) in [5.74, 6) is 0.140. The van der Waals surface area contributed by atoms with Crippen LogP contribution in [0.2, 0.25) is 0 Å². The van der Waals surface area contributed by atoms with Crippen LogP contribution in [0.15, 0.2) is 28.1 Å². The van der Waals surface area contributed by atoms with E-state index in [-0.39, 0.29) is 5.65 Å². The number of aromatic nitrogens is 4. The standard InChI is InChI=1S/C17H15F3N4O2S/c1-9-10(2)15(23-24-14(9)21-22-16(24)17(18,19)20)27-11-4-5-12-13(8-11)26-7-3-6-25-12/h4-5,8H,3,6-7H2,1-2H3. The van der Waals surface area contributed by atoms with Gasteiger partial charge in [-0.25, -0.2) is 0 Å². The molecule has 27 heavy (non-hydrogen) atoms. The predicted octanol–water partition coefficient (Wildman–Crippen LogP) is 4.07. The average Bonchev–Trinajstić information content (AvgIpc) is 2.91. The summed E-state index contributed by atoms with van der Waals surface area (Å²) >= 11 is 1.26. The Hall–Kier alpha value is -2.49. The lowest BCUT2D eigenvalue weighted by molar-refractivity contribution is -0.146. The Morgan fingerprint density at radius 1 is 1.04 bits per heavy atom. The lowest BCUT2D eigenvalue weighted by Gasteiger charge is -2.12. The molecule has 142 valence electrons. The zero-order chi connectivity index (χ0) is 19.2. The monoisotopic (exact) mass is 396 g/mol. The molecule has 0 saturated heterocycles. The molecule has 0 N–H and O–H groups in total. The van der Waals surface area contributed by atoms with Crippen LogP contribution in [0.5, 0.6) is 11.5 Å². The van der Waals surface area contributed by atoms with E-state index >= 15 is 0 Å². The van der Waals surface area contributed by atoms with Gasteiger partial charge in [0.1, 0.15) is 5.03 Å². The summed E-state index contributed by atoms with van der Waals surface area (Å²) in [6, 6.07) is 5.43. The number of hydrogen-bond donors (Lipinski definition) is 0. The minimum absolute atomic E-state index is 0.0998.